The minimum atomic E-state index is 0.723. The molecule has 1 N–H and O–H groups in total. The summed E-state index contributed by atoms with van der Waals surface area (Å²) in [6, 6.07) is 12.4. The number of rotatable bonds is 7. The molecule has 0 fully saturated rings. The zero-order valence-corrected chi connectivity index (χ0v) is 15.3. The molecule has 2 aromatic rings. The zero-order chi connectivity index (χ0) is 17.5. The topological polar surface area (TPSA) is 41.1 Å². The Morgan fingerprint density at radius 2 is 1.96 bits per heavy atom. The molecule has 132 valence electrons. The highest BCUT2D eigenvalue weighted by atomic mass is 15.2. The summed E-state index contributed by atoms with van der Waals surface area (Å²) < 4.78 is 0. The number of nitrogens with zero attached hydrogens (tertiary/aromatic N) is 3. The van der Waals surface area contributed by atoms with Crippen molar-refractivity contribution >= 4 is 17.5 Å². The molecule has 0 spiro atoms. The molecule has 1 aliphatic carbocycles. The molecule has 3 rings (SSSR count). The van der Waals surface area contributed by atoms with Crippen molar-refractivity contribution in [1.82, 2.24) is 9.97 Å². The van der Waals surface area contributed by atoms with Crippen LogP contribution in [0.5, 0.6) is 0 Å². The molecule has 4 heteroatoms. The van der Waals surface area contributed by atoms with Crippen LogP contribution in [0, 0.1) is 6.92 Å². The van der Waals surface area contributed by atoms with Crippen LogP contribution >= 0.6 is 0 Å². The Kier molecular flexibility index (Phi) is 6.04. The molecule has 0 amide bonds. The van der Waals surface area contributed by atoms with Gasteiger partial charge in [0.05, 0.1) is 0 Å². The molecule has 1 heterocycles. The highest BCUT2D eigenvalue weighted by molar-refractivity contribution is 5.61. The van der Waals surface area contributed by atoms with Crippen molar-refractivity contribution in [2.24, 2.45) is 0 Å². The molecule has 0 bridgehead atoms. The van der Waals surface area contributed by atoms with E-state index >= 15 is 0 Å². The van der Waals surface area contributed by atoms with Crippen molar-refractivity contribution in [3.63, 3.8) is 0 Å². The Balaban J connectivity index is 1.70. The number of aryl methyl sites for hydroxylation is 1. The normalized spacial score (nSPS) is 14.1. The second-order valence-electron chi connectivity index (χ2n) is 6.56. The van der Waals surface area contributed by atoms with Crippen molar-refractivity contribution in [3.8, 4) is 0 Å². The van der Waals surface area contributed by atoms with Crippen LogP contribution < -0.4 is 10.2 Å². The van der Waals surface area contributed by atoms with Crippen LogP contribution in [-0.4, -0.2) is 23.1 Å². The van der Waals surface area contributed by atoms with Crippen molar-refractivity contribution < 1.29 is 0 Å². The SMILES string of the molecule is CCN(c1ccccc1)c1cc(C)nc(NCCC2=CCCCC2)n1. The van der Waals surface area contributed by atoms with Gasteiger partial charge in [-0.3, -0.25) is 0 Å². The van der Waals surface area contributed by atoms with E-state index in [9.17, 15) is 0 Å². The van der Waals surface area contributed by atoms with E-state index in [4.69, 9.17) is 4.98 Å². The van der Waals surface area contributed by atoms with Gasteiger partial charge in [0.15, 0.2) is 0 Å². The van der Waals surface area contributed by atoms with Crippen LogP contribution in [0.2, 0.25) is 0 Å². The predicted octanol–water partition coefficient (Wildman–Crippen LogP) is 5.25. The first-order valence-electron chi connectivity index (χ1n) is 9.36. The standard InChI is InChI=1S/C21H28N4/c1-3-25(19-12-8-5-9-13-19)20-16-17(2)23-21(24-20)22-15-14-18-10-6-4-7-11-18/h5,8-10,12-13,16H,3-4,6-7,11,14-15H2,1-2H3,(H,22,23,24). The number of para-hydroxylation sites is 1. The molecule has 0 aliphatic heterocycles. The van der Waals surface area contributed by atoms with Crippen molar-refractivity contribution in [3.05, 3.63) is 53.7 Å². The number of anilines is 3. The lowest BCUT2D eigenvalue weighted by atomic mass is 9.97. The van der Waals surface area contributed by atoms with Gasteiger partial charge in [-0.25, -0.2) is 4.98 Å². The summed E-state index contributed by atoms with van der Waals surface area (Å²) in [5.41, 5.74) is 3.71. The van der Waals surface area contributed by atoms with E-state index in [0.717, 1.165) is 42.7 Å². The van der Waals surface area contributed by atoms with E-state index in [1.54, 1.807) is 5.57 Å². The van der Waals surface area contributed by atoms with Gasteiger partial charge in [-0.05, 0) is 58.1 Å². The fourth-order valence-corrected chi connectivity index (χ4v) is 3.32. The van der Waals surface area contributed by atoms with Gasteiger partial charge >= 0.3 is 0 Å². The van der Waals surface area contributed by atoms with E-state index in [0.29, 0.717) is 0 Å². The molecule has 25 heavy (non-hydrogen) atoms. The summed E-state index contributed by atoms with van der Waals surface area (Å²) >= 11 is 0. The Morgan fingerprint density at radius 1 is 1.12 bits per heavy atom. The Labute approximate surface area is 151 Å². The van der Waals surface area contributed by atoms with E-state index in [2.05, 4.69) is 52.5 Å². The van der Waals surface area contributed by atoms with Crippen LogP contribution in [0.1, 0.15) is 44.7 Å². The zero-order valence-electron chi connectivity index (χ0n) is 15.3. The fraction of sp³-hybridized carbons (Fsp3) is 0.429. The second kappa shape index (κ2) is 8.65. The van der Waals surface area contributed by atoms with Crippen molar-refractivity contribution in [2.45, 2.75) is 46.0 Å². The molecular formula is C21H28N4. The lowest BCUT2D eigenvalue weighted by molar-refractivity contribution is 0.679. The number of hydrogen-bond donors (Lipinski definition) is 1. The van der Waals surface area contributed by atoms with E-state index in [1.807, 2.05) is 19.1 Å². The smallest absolute Gasteiger partial charge is 0.224 e. The van der Waals surface area contributed by atoms with E-state index < -0.39 is 0 Å². The predicted molar refractivity (Wildman–Crippen MR) is 106 cm³/mol. The highest BCUT2D eigenvalue weighted by Gasteiger charge is 2.11. The molecule has 1 aromatic carbocycles. The molecule has 0 saturated carbocycles. The maximum absolute atomic E-state index is 4.75. The summed E-state index contributed by atoms with van der Waals surface area (Å²) in [7, 11) is 0. The largest absolute Gasteiger partial charge is 0.354 e. The third-order valence-electron chi connectivity index (χ3n) is 4.62. The maximum atomic E-state index is 4.75. The first kappa shape index (κ1) is 17.5. The third kappa shape index (κ3) is 4.81. The fourth-order valence-electron chi connectivity index (χ4n) is 3.32. The van der Waals surface area contributed by atoms with Crippen LogP contribution in [0.4, 0.5) is 17.5 Å². The number of nitrogens with one attached hydrogen (secondary N) is 1. The third-order valence-corrected chi connectivity index (χ3v) is 4.62. The van der Waals surface area contributed by atoms with Gasteiger partial charge in [-0.15, -0.1) is 0 Å². The molecule has 0 unspecified atom stereocenters. The molecule has 4 nitrogen and oxygen atoms in total. The van der Waals surface area contributed by atoms with Crippen LogP contribution in [-0.2, 0) is 0 Å². The summed E-state index contributed by atoms with van der Waals surface area (Å²) in [6.07, 6.45) is 8.65. The monoisotopic (exact) mass is 336 g/mol. The van der Waals surface area contributed by atoms with Gasteiger partial charge in [-0.1, -0.05) is 29.8 Å². The summed E-state index contributed by atoms with van der Waals surface area (Å²) in [6.45, 7) is 5.94. The lowest BCUT2D eigenvalue weighted by Crippen LogP contribution is -2.19. The number of hydrogen-bond acceptors (Lipinski definition) is 4. The Bertz CT molecular complexity index is 709. The van der Waals surface area contributed by atoms with Gasteiger partial charge in [0.1, 0.15) is 5.82 Å². The van der Waals surface area contributed by atoms with Crippen LogP contribution in [0.25, 0.3) is 0 Å². The lowest BCUT2D eigenvalue weighted by Gasteiger charge is -2.23. The average molecular weight is 336 g/mol. The molecule has 1 aliphatic rings. The van der Waals surface area contributed by atoms with E-state index in [1.165, 1.54) is 25.7 Å². The summed E-state index contributed by atoms with van der Waals surface area (Å²) in [5.74, 6) is 1.67. The molecule has 0 atom stereocenters. The van der Waals surface area contributed by atoms with Gasteiger partial charge in [0.2, 0.25) is 5.95 Å². The van der Waals surface area contributed by atoms with Gasteiger partial charge < -0.3 is 10.2 Å². The number of allylic oxidation sites excluding steroid dienone is 1. The molecular weight excluding hydrogens is 308 g/mol. The molecule has 1 aromatic heterocycles. The number of benzene rings is 1. The summed E-state index contributed by atoms with van der Waals surface area (Å²) in [4.78, 5) is 11.5. The minimum absolute atomic E-state index is 0.723. The number of aromatic nitrogens is 2. The first-order chi connectivity index (χ1) is 12.3. The Hall–Kier alpha value is -2.36. The quantitative estimate of drug-likeness (QED) is 0.702. The van der Waals surface area contributed by atoms with Crippen LogP contribution in [0.15, 0.2) is 48.0 Å². The first-order valence-corrected chi connectivity index (χ1v) is 9.36. The Morgan fingerprint density at radius 3 is 2.68 bits per heavy atom. The summed E-state index contributed by atoms with van der Waals surface area (Å²) in [5, 5.41) is 3.41. The second-order valence-corrected chi connectivity index (χ2v) is 6.56. The van der Waals surface area contributed by atoms with E-state index in [-0.39, 0.29) is 0 Å². The van der Waals surface area contributed by atoms with Gasteiger partial charge in [0.25, 0.3) is 0 Å². The van der Waals surface area contributed by atoms with Crippen molar-refractivity contribution in [2.75, 3.05) is 23.3 Å². The van der Waals surface area contributed by atoms with Gasteiger partial charge in [-0.2, -0.15) is 4.98 Å². The average Bonchev–Trinajstić information content (AvgIpc) is 2.64. The molecule has 0 radical (unpaired) electrons. The highest BCUT2D eigenvalue weighted by Crippen LogP contribution is 2.25. The maximum Gasteiger partial charge on any atom is 0.224 e. The molecule has 0 saturated heterocycles. The minimum Gasteiger partial charge on any atom is -0.354 e. The van der Waals surface area contributed by atoms with Crippen LogP contribution in [0.3, 0.4) is 0 Å². The van der Waals surface area contributed by atoms with Gasteiger partial charge in [0, 0.05) is 30.5 Å². The van der Waals surface area contributed by atoms with Crippen molar-refractivity contribution in [1.29, 1.82) is 0 Å².